The molecular formula is C11H21NO7. The summed E-state index contributed by atoms with van der Waals surface area (Å²) >= 11 is 0. The molecule has 7 N–H and O–H groups in total. The van der Waals surface area contributed by atoms with E-state index in [1.54, 1.807) is 0 Å². The molecule has 0 amide bonds. The number of carbonyl (C=O) groups is 1. The van der Waals surface area contributed by atoms with Crippen molar-refractivity contribution >= 4 is 5.97 Å². The fourth-order valence-electron chi connectivity index (χ4n) is 2.25. The highest BCUT2D eigenvalue weighted by Gasteiger charge is 2.45. The van der Waals surface area contributed by atoms with Crippen LogP contribution in [0.4, 0.5) is 0 Å². The van der Waals surface area contributed by atoms with Gasteiger partial charge in [0, 0.05) is 12.3 Å². The van der Waals surface area contributed by atoms with Gasteiger partial charge < -0.3 is 36.0 Å². The largest absolute Gasteiger partial charge is 0.481 e. The van der Waals surface area contributed by atoms with E-state index in [1.165, 1.54) is 0 Å². The fraction of sp³-hybridized carbons (Fsp3) is 0.909. The average Bonchev–Trinajstić information content (AvgIpc) is 2.38. The third-order valence-corrected chi connectivity index (χ3v) is 3.43. The molecule has 0 aliphatic carbocycles. The van der Waals surface area contributed by atoms with Gasteiger partial charge >= 0.3 is 5.97 Å². The smallest absolute Gasteiger partial charge is 0.303 e. The number of ether oxygens (including phenoxy) is 1. The summed E-state index contributed by atoms with van der Waals surface area (Å²) in [5, 5.41) is 46.8. The highest BCUT2D eigenvalue weighted by Crippen LogP contribution is 2.27. The van der Waals surface area contributed by atoms with E-state index in [1.807, 2.05) is 0 Å². The van der Waals surface area contributed by atoms with Crippen LogP contribution in [0, 0.1) is 5.92 Å². The van der Waals surface area contributed by atoms with Crippen molar-refractivity contribution in [1.82, 2.24) is 0 Å². The minimum atomic E-state index is -1.46. The van der Waals surface area contributed by atoms with Gasteiger partial charge in [-0.15, -0.1) is 0 Å². The molecule has 1 aliphatic heterocycles. The number of aliphatic carboxylic acids is 1. The molecule has 19 heavy (non-hydrogen) atoms. The Bertz CT molecular complexity index is 299. The molecule has 1 saturated heterocycles. The van der Waals surface area contributed by atoms with Gasteiger partial charge in [-0.25, -0.2) is 0 Å². The first-order chi connectivity index (χ1) is 8.92. The monoisotopic (exact) mass is 279 g/mol. The Morgan fingerprint density at radius 2 is 1.84 bits per heavy atom. The van der Waals surface area contributed by atoms with E-state index in [-0.39, 0.29) is 19.4 Å². The Morgan fingerprint density at radius 1 is 1.21 bits per heavy atom. The second-order valence-electron chi connectivity index (χ2n) is 4.72. The van der Waals surface area contributed by atoms with Crippen LogP contribution in [0.3, 0.4) is 0 Å². The lowest BCUT2D eigenvalue weighted by molar-refractivity contribution is -0.240. The lowest BCUT2D eigenvalue weighted by atomic mass is 9.85. The number of aliphatic hydroxyl groups is 4. The maximum absolute atomic E-state index is 10.5. The highest BCUT2D eigenvalue weighted by atomic mass is 16.5. The van der Waals surface area contributed by atoms with Crippen LogP contribution >= 0.6 is 0 Å². The first kappa shape index (κ1) is 16.3. The second-order valence-corrected chi connectivity index (χ2v) is 4.72. The normalized spacial score (nSPS) is 37.0. The summed E-state index contributed by atoms with van der Waals surface area (Å²) in [5.74, 6) is -1.48. The summed E-state index contributed by atoms with van der Waals surface area (Å²) in [6, 6.07) is 0. The van der Waals surface area contributed by atoms with Crippen molar-refractivity contribution in [3.63, 3.8) is 0 Å². The van der Waals surface area contributed by atoms with Crippen molar-refractivity contribution in [2.45, 2.75) is 43.4 Å². The van der Waals surface area contributed by atoms with Gasteiger partial charge in [-0.05, 0) is 13.0 Å². The van der Waals surface area contributed by atoms with Crippen LogP contribution in [0.15, 0.2) is 0 Å². The zero-order valence-electron chi connectivity index (χ0n) is 10.4. The van der Waals surface area contributed by atoms with Gasteiger partial charge in [0.2, 0.25) is 0 Å². The van der Waals surface area contributed by atoms with Crippen LogP contribution in [0.5, 0.6) is 0 Å². The van der Waals surface area contributed by atoms with Crippen molar-refractivity contribution < 1.29 is 35.1 Å². The van der Waals surface area contributed by atoms with Crippen molar-refractivity contribution in [3.05, 3.63) is 0 Å². The van der Waals surface area contributed by atoms with Crippen LogP contribution in [0.1, 0.15) is 12.8 Å². The molecule has 0 spiro atoms. The van der Waals surface area contributed by atoms with Gasteiger partial charge in [0.1, 0.15) is 24.4 Å². The summed E-state index contributed by atoms with van der Waals surface area (Å²) in [7, 11) is 0. The zero-order chi connectivity index (χ0) is 14.6. The SMILES string of the molecule is NCC(CCC(=O)O)[C@@H]1O[C@H](CO)[C@H](O)[C@H](O)[C@H]1O. The highest BCUT2D eigenvalue weighted by molar-refractivity contribution is 5.66. The molecule has 1 unspecified atom stereocenters. The molecular weight excluding hydrogens is 258 g/mol. The summed E-state index contributed by atoms with van der Waals surface area (Å²) < 4.78 is 5.33. The van der Waals surface area contributed by atoms with Crippen LogP contribution in [-0.4, -0.2) is 75.2 Å². The molecule has 8 heteroatoms. The molecule has 0 aromatic rings. The molecule has 0 aromatic carbocycles. The summed E-state index contributed by atoms with van der Waals surface area (Å²) in [5.41, 5.74) is 5.53. The second kappa shape index (κ2) is 7.13. The van der Waals surface area contributed by atoms with Gasteiger partial charge in [0.05, 0.1) is 12.7 Å². The summed E-state index contributed by atoms with van der Waals surface area (Å²) in [6.45, 7) is -0.451. The maximum Gasteiger partial charge on any atom is 0.303 e. The van der Waals surface area contributed by atoms with Crippen molar-refractivity contribution in [2.75, 3.05) is 13.2 Å². The van der Waals surface area contributed by atoms with E-state index < -0.39 is 49.0 Å². The van der Waals surface area contributed by atoms with Crippen molar-refractivity contribution in [2.24, 2.45) is 11.7 Å². The number of hydrogen-bond donors (Lipinski definition) is 6. The predicted molar refractivity (Wildman–Crippen MR) is 63.2 cm³/mol. The first-order valence-electron chi connectivity index (χ1n) is 6.14. The van der Waals surface area contributed by atoms with Gasteiger partial charge in [-0.3, -0.25) is 4.79 Å². The Hall–Kier alpha value is -0.770. The average molecular weight is 279 g/mol. The maximum atomic E-state index is 10.5. The van der Waals surface area contributed by atoms with Gasteiger partial charge in [-0.1, -0.05) is 0 Å². The fourth-order valence-corrected chi connectivity index (χ4v) is 2.25. The van der Waals surface area contributed by atoms with Gasteiger partial charge in [-0.2, -0.15) is 0 Å². The molecule has 6 atom stereocenters. The lowest BCUT2D eigenvalue weighted by Crippen LogP contribution is -2.61. The van der Waals surface area contributed by atoms with E-state index in [9.17, 15) is 20.1 Å². The van der Waals surface area contributed by atoms with E-state index in [4.69, 9.17) is 20.7 Å². The third kappa shape index (κ3) is 3.85. The molecule has 0 bridgehead atoms. The first-order valence-corrected chi connectivity index (χ1v) is 6.14. The summed E-state index contributed by atoms with van der Waals surface area (Å²) in [4.78, 5) is 10.5. The van der Waals surface area contributed by atoms with E-state index in [0.29, 0.717) is 0 Å². The van der Waals surface area contributed by atoms with E-state index in [2.05, 4.69) is 0 Å². The zero-order valence-corrected chi connectivity index (χ0v) is 10.4. The molecule has 112 valence electrons. The predicted octanol–water partition coefficient (Wildman–Crippen LogP) is -2.73. The Kier molecular flexibility index (Phi) is 6.11. The Balaban J connectivity index is 2.74. The minimum Gasteiger partial charge on any atom is -0.481 e. The standard InChI is InChI=1S/C11H21NO7/c12-3-5(1-2-7(14)15)11-10(18)9(17)8(16)6(4-13)19-11/h5-6,8-11,13,16-18H,1-4,12H2,(H,14,15)/t5?,6-,8+,9+,10-,11+/m1/s1. The van der Waals surface area contributed by atoms with Crippen LogP contribution in [0.2, 0.25) is 0 Å². The van der Waals surface area contributed by atoms with Crippen LogP contribution in [-0.2, 0) is 9.53 Å². The molecule has 8 nitrogen and oxygen atoms in total. The minimum absolute atomic E-state index is 0.0654. The van der Waals surface area contributed by atoms with Crippen molar-refractivity contribution in [3.8, 4) is 0 Å². The number of hydrogen-bond acceptors (Lipinski definition) is 7. The lowest BCUT2D eigenvalue weighted by Gasteiger charge is -2.43. The topological polar surface area (TPSA) is 153 Å². The molecule has 0 aromatic heterocycles. The van der Waals surface area contributed by atoms with Gasteiger partial charge in [0.25, 0.3) is 0 Å². The molecule has 1 rings (SSSR count). The van der Waals surface area contributed by atoms with E-state index in [0.717, 1.165) is 0 Å². The van der Waals surface area contributed by atoms with Crippen LogP contribution in [0.25, 0.3) is 0 Å². The Labute approximate surface area is 110 Å². The number of aliphatic hydroxyl groups excluding tert-OH is 4. The molecule has 1 heterocycles. The summed E-state index contributed by atoms with van der Waals surface area (Å²) in [6.07, 6.45) is -6.14. The molecule has 0 saturated carbocycles. The third-order valence-electron chi connectivity index (χ3n) is 3.43. The number of carboxylic acid groups (broad SMARTS) is 1. The van der Waals surface area contributed by atoms with Gasteiger partial charge in [0.15, 0.2) is 0 Å². The number of rotatable bonds is 6. The number of nitrogens with two attached hydrogens (primary N) is 1. The van der Waals surface area contributed by atoms with Crippen LogP contribution < -0.4 is 5.73 Å². The van der Waals surface area contributed by atoms with Crippen molar-refractivity contribution in [1.29, 1.82) is 0 Å². The molecule has 1 fully saturated rings. The molecule has 0 radical (unpaired) electrons. The Morgan fingerprint density at radius 3 is 2.32 bits per heavy atom. The van der Waals surface area contributed by atoms with E-state index >= 15 is 0 Å². The molecule has 1 aliphatic rings. The number of carboxylic acids is 1. The quantitative estimate of drug-likeness (QED) is 0.306.